The molecule has 0 radical (unpaired) electrons. The topological polar surface area (TPSA) is 88.9 Å². The molecule has 1 fully saturated rings. The highest BCUT2D eigenvalue weighted by Gasteiger charge is 2.31. The lowest BCUT2D eigenvalue weighted by Gasteiger charge is -2.33. The Morgan fingerprint density at radius 2 is 2.03 bits per heavy atom. The van der Waals surface area contributed by atoms with E-state index in [2.05, 4.69) is 44.5 Å². The molecule has 1 saturated heterocycles. The van der Waals surface area contributed by atoms with Gasteiger partial charge in [0.2, 0.25) is 0 Å². The summed E-state index contributed by atoms with van der Waals surface area (Å²) in [6.07, 6.45) is 4.39. The Balaban J connectivity index is 1.83. The van der Waals surface area contributed by atoms with E-state index in [1.165, 1.54) is 12.0 Å². The molecule has 0 amide bonds. The van der Waals surface area contributed by atoms with E-state index in [0.717, 1.165) is 43.3 Å². The molecule has 8 nitrogen and oxygen atoms in total. The van der Waals surface area contributed by atoms with Gasteiger partial charge in [-0.2, -0.15) is 0 Å². The first-order valence-electron chi connectivity index (χ1n) is 10.4. The lowest BCUT2D eigenvalue weighted by atomic mass is 9.99. The van der Waals surface area contributed by atoms with Crippen molar-refractivity contribution in [2.75, 3.05) is 26.8 Å². The summed E-state index contributed by atoms with van der Waals surface area (Å²) < 4.78 is 6.97. The molecule has 0 aliphatic carbocycles. The molecule has 3 heterocycles. The summed E-state index contributed by atoms with van der Waals surface area (Å²) in [6.45, 7) is 5.05. The molecule has 0 unspecified atom stereocenters. The summed E-state index contributed by atoms with van der Waals surface area (Å²) in [7, 11) is 1.66. The molecule has 1 aliphatic rings. The van der Waals surface area contributed by atoms with Gasteiger partial charge in [-0.15, -0.1) is 5.10 Å². The fourth-order valence-corrected chi connectivity index (χ4v) is 4.12. The van der Waals surface area contributed by atoms with Crippen molar-refractivity contribution < 1.29 is 4.74 Å². The van der Waals surface area contributed by atoms with Crippen LogP contribution in [0.1, 0.15) is 49.2 Å². The third-order valence-electron chi connectivity index (χ3n) is 5.71. The van der Waals surface area contributed by atoms with Gasteiger partial charge >= 0.3 is 0 Å². The Hall–Kier alpha value is -2.58. The predicted molar refractivity (Wildman–Crippen MR) is 111 cm³/mol. The minimum Gasteiger partial charge on any atom is -0.383 e. The summed E-state index contributed by atoms with van der Waals surface area (Å²) in [5.41, 5.74) is 2.71. The second-order valence-electron chi connectivity index (χ2n) is 7.58. The zero-order valence-electron chi connectivity index (χ0n) is 17.1. The standard InChI is InChI=1S/C21H28N6O2/c1-3-15-7-8-18-16(13-15)14-17(21(28)22-18)19(26-9-5-4-6-10-26)20-23-24-25-27(20)11-12-29-2/h7-8,13-14,19H,3-6,9-12H2,1-2H3,(H,22,28)/t19-/m0/s1. The van der Waals surface area contributed by atoms with E-state index < -0.39 is 0 Å². The van der Waals surface area contributed by atoms with Gasteiger partial charge < -0.3 is 9.72 Å². The van der Waals surface area contributed by atoms with E-state index in [1.54, 1.807) is 11.8 Å². The van der Waals surface area contributed by atoms with Gasteiger partial charge in [0.1, 0.15) is 6.04 Å². The summed E-state index contributed by atoms with van der Waals surface area (Å²) in [6, 6.07) is 7.93. The van der Waals surface area contributed by atoms with Crippen molar-refractivity contribution in [3.8, 4) is 0 Å². The lowest BCUT2D eigenvalue weighted by molar-refractivity contribution is 0.163. The minimum atomic E-state index is -0.277. The van der Waals surface area contributed by atoms with Crippen LogP contribution in [0.5, 0.6) is 0 Å². The normalized spacial score (nSPS) is 16.3. The first-order valence-corrected chi connectivity index (χ1v) is 10.4. The average molecular weight is 396 g/mol. The highest BCUT2D eigenvalue weighted by molar-refractivity contribution is 5.80. The van der Waals surface area contributed by atoms with E-state index in [-0.39, 0.29) is 11.6 Å². The number of likely N-dealkylation sites (tertiary alicyclic amines) is 1. The van der Waals surface area contributed by atoms with Gasteiger partial charge in [-0.1, -0.05) is 19.4 Å². The number of hydrogen-bond donors (Lipinski definition) is 1. The Morgan fingerprint density at radius 1 is 1.21 bits per heavy atom. The number of aryl methyl sites for hydroxylation is 1. The number of fused-ring (bicyclic) bond motifs is 1. The van der Waals surface area contributed by atoms with E-state index in [1.807, 2.05) is 12.1 Å². The third-order valence-corrected chi connectivity index (χ3v) is 5.71. The van der Waals surface area contributed by atoms with E-state index >= 15 is 0 Å². The maximum Gasteiger partial charge on any atom is 0.253 e. The van der Waals surface area contributed by atoms with Crippen LogP contribution < -0.4 is 5.56 Å². The molecule has 2 aromatic heterocycles. The van der Waals surface area contributed by atoms with Gasteiger partial charge in [-0.25, -0.2) is 4.68 Å². The molecule has 1 aromatic carbocycles. The Kier molecular flexibility index (Phi) is 6.01. The molecule has 1 atom stereocenters. The van der Waals surface area contributed by atoms with Gasteiger partial charge in [-0.05, 0) is 71.9 Å². The highest BCUT2D eigenvalue weighted by Crippen LogP contribution is 2.29. The molecule has 8 heteroatoms. The van der Waals surface area contributed by atoms with Crippen LogP contribution in [0.4, 0.5) is 0 Å². The number of methoxy groups -OCH3 is 1. The number of benzene rings is 1. The second kappa shape index (κ2) is 8.84. The number of H-pyrrole nitrogens is 1. The summed E-state index contributed by atoms with van der Waals surface area (Å²) in [5.74, 6) is 0.695. The molecule has 1 N–H and O–H groups in total. The maximum absolute atomic E-state index is 13.1. The lowest BCUT2D eigenvalue weighted by Crippen LogP contribution is -2.38. The van der Waals surface area contributed by atoms with Gasteiger partial charge in [0.05, 0.1) is 13.2 Å². The third kappa shape index (κ3) is 4.09. The number of ether oxygens (including phenoxy) is 1. The van der Waals surface area contributed by atoms with Gasteiger partial charge in [0.15, 0.2) is 5.82 Å². The van der Waals surface area contributed by atoms with E-state index in [9.17, 15) is 4.79 Å². The monoisotopic (exact) mass is 396 g/mol. The molecule has 0 bridgehead atoms. The smallest absolute Gasteiger partial charge is 0.253 e. The van der Waals surface area contributed by atoms with Crippen molar-refractivity contribution in [3.05, 3.63) is 51.6 Å². The molecule has 1 aliphatic heterocycles. The van der Waals surface area contributed by atoms with Crippen molar-refractivity contribution in [2.24, 2.45) is 0 Å². The molecule has 4 rings (SSSR count). The quantitative estimate of drug-likeness (QED) is 0.659. The van der Waals surface area contributed by atoms with E-state index in [4.69, 9.17) is 4.74 Å². The van der Waals surface area contributed by atoms with Crippen LogP contribution in [-0.2, 0) is 17.7 Å². The maximum atomic E-state index is 13.1. The molecule has 154 valence electrons. The molecule has 3 aromatic rings. The van der Waals surface area contributed by atoms with Crippen molar-refractivity contribution in [1.82, 2.24) is 30.1 Å². The van der Waals surface area contributed by atoms with Gasteiger partial charge in [0.25, 0.3) is 5.56 Å². The zero-order valence-corrected chi connectivity index (χ0v) is 17.1. The highest BCUT2D eigenvalue weighted by atomic mass is 16.5. The molecular formula is C21H28N6O2. The van der Waals surface area contributed by atoms with Crippen LogP contribution in [0, 0.1) is 0 Å². The number of aromatic nitrogens is 5. The van der Waals surface area contributed by atoms with Crippen molar-refractivity contribution in [1.29, 1.82) is 0 Å². The first kappa shape index (κ1) is 19.7. The number of hydrogen-bond acceptors (Lipinski definition) is 6. The summed E-state index contributed by atoms with van der Waals surface area (Å²) >= 11 is 0. The number of piperidine rings is 1. The van der Waals surface area contributed by atoms with Gasteiger partial charge in [-0.3, -0.25) is 9.69 Å². The number of aromatic amines is 1. The van der Waals surface area contributed by atoms with Crippen LogP contribution in [0.3, 0.4) is 0 Å². The summed E-state index contributed by atoms with van der Waals surface area (Å²) in [5, 5.41) is 13.4. The Morgan fingerprint density at radius 3 is 2.79 bits per heavy atom. The predicted octanol–water partition coefficient (Wildman–Crippen LogP) is 2.30. The van der Waals surface area contributed by atoms with Crippen LogP contribution in [-0.4, -0.2) is 56.9 Å². The number of pyridine rings is 1. The molecule has 0 spiro atoms. The van der Waals surface area contributed by atoms with Crippen molar-refractivity contribution in [3.63, 3.8) is 0 Å². The molecule has 0 saturated carbocycles. The molecule has 29 heavy (non-hydrogen) atoms. The number of rotatable bonds is 7. The van der Waals surface area contributed by atoms with Gasteiger partial charge in [0, 0.05) is 18.2 Å². The number of nitrogens with one attached hydrogen (secondary N) is 1. The van der Waals surface area contributed by atoms with Crippen LogP contribution >= 0.6 is 0 Å². The second-order valence-corrected chi connectivity index (χ2v) is 7.58. The van der Waals surface area contributed by atoms with Crippen LogP contribution in [0.15, 0.2) is 29.1 Å². The largest absolute Gasteiger partial charge is 0.383 e. The van der Waals surface area contributed by atoms with Crippen molar-refractivity contribution in [2.45, 2.75) is 45.2 Å². The Labute approximate surface area is 169 Å². The number of nitrogens with zero attached hydrogens (tertiary/aromatic N) is 5. The fourth-order valence-electron chi connectivity index (χ4n) is 4.12. The SMILES string of the molecule is CCc1ccc2[nH]c(=O)c([C@@H](c3nnnn3CCOC)N3CCCCC3)cc2c1. The van der Waals surface area contributed by atoms with Crippen LogP contribution in [0.2, 0.25) is 0 Å². The summed E-state index contributed by atoms with van der Waals surface area (Å²) in [4.78, 5) is 18.5. The van der Waals surface area contributed by atoms with Crippen LogP contribution in [0.25, 0.3) is 10.9 Å². The van der Waals surface area contributed by atoms with E-state index in [0.29, 0.717) is 24.5 Å². The Bertz CT molecular complexity index is 1020. The fraction of sp³-hybridized carbons (Fsp3) is 0.524. The zero-order chi connectivity index (χ0) is 20.2. The average Bonchev–Trinajstić information content (AvgIpc) is 3.21. The first-order chi connectivity index (χ1) is 14.2. The molecular weight excluding hydrogens is 368 g/mol. The number of tetrazole rings is 1. The minimum absolute atomic E-state index is 0.0846. The van der Waals surface area contributed by atoms with Crippen molar-refractivity contribution >= 4 is 10.9 Å².